The minimum atomic E-state index is -0.906. The lowest BCUT2D eigenvalue weighted by atomic mass is 9.39. The molecule has 4 heteroatoms. The number of aliphatic hydroxyl groups excluding tert-OH is 1. The van der Waals surface area contributed by atoms with Crippen molar-refractivity contribution in [1.29, 1.82) is 5.26 Å². The van der Waals surface area contributed by atoms with Gasteiger partial charge in [-0.05, 0) is 114 Å². The largest absolute Gasteiger partial charge is 0.392 e. The van der Waals surface area contributed by atoms with Crippen LogP contribution in [0.5, 0.6) is 0 Å². The highest BCUT2D eigenvalue weighted by molar-refractivity contribution is 5.91. The van der Waals surface area contributed by atoms with E-state index in [-0.39, 0.29) is 23.2 Å². The number of aliphatic hydroxyl groups is 2. The molecule has 3 saturated carbocycles. The predicted molar refractivity (Wildman–Crippen MR) is 151 cm³/mol. The van der Waals surface area contributed by atoms with Crippen LogP contribution in [-0.4, -0.2) is 28.2 Å². The molecule has 4 nitrogen and oxygen atoms in total. The Balaban J connectivity index is 1.38. The Hall–Kier alpha value is -3.00. The summed E-state index contributed by atoms with van der Waals surface area (Å²) in [5.41, 5.74) is 6.01. The van der Waals surface area contributed by atoms with Crippen LogP contribution in [0.15, 0.2) is 66.3 Å². The second kappa shape index (κ2) is 8.75. The van der Waals surface area contributed by atoms with Crippen LogP contribution in [0.4, 0.5) is 0 Å². The van der Waals surface area contributed by atoms with Crippen molar-refractivity contribution >= 4 is 5.78 Å². The first-order valence-electron chi connectivity index (χ1n) is 14.7. The highest BCUT2D eigenvalue weighted by atomic mass is 16.3. The zero-order chi connectivity index (χ0) is 27.0. The van der Waals surface area contributed by atoms with E-state index in [0.717, 1.165) is 50.5 Å². The highest BCUT2D eigenvalue weighted by Crippen LogP contribution is 2.73. The average molecular weight is 520 g/mol. The fourth-order valence-corrected chi connectivity index (χ4v) is 10.1. The molecule has 0 aromatic heterocycles. The first-order valence-corrected chi connectivity index (χ1v) is 14.7. The van der Waals surface area contributed by atoms with Gasteiger partial charge in [0.1, 0.15) is 0 Å². The van der Waals surface area contributed by atoms with Gasteiger partial charge in [0, 0.05) is 11.8 Å². The fourth-order valence-electron chi connectivity index (χ4n) is 10.1. The summed E-state index contributed by atoms with van der Waals surface area (Å²) in [5, 5.41) is 30.8. The van der Waals surface area contributed by atoms with Crippen LogP contribution in [-0.2, 0) is 11.2 Å². The molecule has 3 fully saturated rings. The van der Waals surface area contributed by atoms with Gasteiger partial charge in [0.2, 0.25) is 0 Å². The number of hydrogen-bond acceptors (Lipinski definition) is 4. The van der Waals surface area contributed by atoms with Crippen molar-refractivity contribution in [1.82, 2.24) is 0 Å². The molecule has 0 aliphatic heterocycles. The lowest BCUT2D eigenvalue weighted by molar-refractivity contribution is -0.128. The molecule has 5 aliphatic rings. The van der Waals surface area contributed by atoms with Gasteiger partial charge in [0.25, 0.3) is 0 Å². The van der Waals surface area contributed by atoms with E-state index >= 15 is 0 Å². The minimum Gasteiger partial charge on any atom is -0.392 e. The van der Waals surface area contributed by atoms with Crippen LogP contribution < -0.4 is 0 Å². The minimum absolute atomic E-state index is 0.0285. The van der Waals surface area contributed by atoms with E-state index in [1.807, 2.05) is 36.4 Å². The summed E-state index contributed by atoms with van der Waals surface area (Å²) in [7, 11) is 0. The molecule has 5 aliphatic carbocycles. The van der Waals surface area contributed by atoms with Crippen molar-refractivity contribution in [2.24, 2.45) is 28.6 Å². The molecular weight excluding hydrogens is 482 g/mol. The van der Waals surface area contributed by atoms with Gasteiger partial charge in [-0.2, -0.15) is 5.26 Å². The smallest absolute Gasteiger partial charge is 0.155 e. The van der Waals surface area contributed by atoms with Crippen LogP contribution in [0.25, 0.3) is 11.1 Å². The lowest BCUT2D eigenvalue weighted by Crippen LogP contribution is -2.59. The standard InChI is InChI=1S/C35H37NO3/c1-33-20-30-28-9-7-24(23-5-3-22(21-36)4-6-23)17-25(28)19-34-14-11-27(38)18-26(34)8-10-29(32(30)34)31(33)12-15-35(33,39)13-2-16-37/h2-7,9,13,17-18,29-32,37,39H,8,10-12,14-16,19-20H2,1H3/b13-2-/t29-,30+,31-,32+,33-,34+,35-/m0/s1. The maximum atomic E-state index is 12.6. The SMILES string of the molecule is C[C@]12C[C@@H]3c4ccc(-c5ccc(C#N)cc5)cc4C[C@]45CCC(=O)C=C4CC[C@H]([C@H]35)[C@@H]1CC[C@@]2(O)/C=C\CO. The maximum Gasteiger partial charge on any atom is 0.155 e. The van der Waals surface area contributed by atoms with E-state index in [0.29, 0.717) is 35.7 Å². The first-order chi connectivity index (χ1) is 18.8. The summed E-state index contributed by atoms with van der Waals surface area (Å²) in [5.74, 6) is 2.09. The maximum absolute atomic E-state index is 12.6. The number of fused-ring (bicyclic) bond motifs is 4. The van der Waals surface area contributed by atoms with E-state index in [1.165, 1.54) is 22.3 Å². The summed E-state index contributed by atoms with van der Waals surface area (Å²) in [6.07, 6.45) is 13.0. The summed E-state index contributed by atoms with van der Waals surface area (Å²) in [4.78, 5) is 12.6. The van der Waals surface area contributed by atoms with Gasteiger partial charge in [0.15, 0.2) is 5.78 Å². The Morgan fingerprint density at radius 1 is 1.08 bits per heavy atom. The van der Waals surface area contributed by atoms with Gasteiger partial charge < -0.3 is 10.2 Å². The lowest BCUT2D eigenvalue weighted by Gasteiger charge is -2.65. The van der Waals surface area contributed by atoms with Gasteiger partial charge in [-0.15, -0.1) is 0 Å². The summed E-state index contributed by atoms with van der Waals surface area (Å²) >= 11 is 0. The third-order valence-corrected chi connectivity index (χ3v) is 11.8. The number of ketones is 1. The van der Waals surface area contributed by atoms with Gasteiger partial charge >= 0.3 is 0 Å². The Labute approximate surface area is 231 Å². The number of nitriles is 1. The van der Waals surface area contributed by atoms with Gasteiger partial charge in [0.05, 0.1) is 23.8 Å². The van der Waals surface area contributed by atoms with Crippen molar-refractivity contribution in [2.75, 3.05) is 6.61 Å². The van der Waals surface area contributed by atoms with Crippen LogP contribution in [0.1, 0.15) is 74.5 Å². The molecule has 7 atom stereocenters. The van der Waals surface area contributed by atoms with Crippen LogP contribution in [0.3, 0.4) is 0 Å². The highest BCUT2D eigenvalue weighted by Gasteiger charge is 2.67. The molecule has 0 radical (unpaired) electrons. The van der Waals surface area contributed by atoms with Crippen LogP contribution in [0, 0.1) is 39.9 Å². The number of hydrogen-bond donors (Lipinski definition) is 2. The van der Waals surface area contributed by atoms with Crippen molar-refractivity contribution in [3.63, 3.8) is 0 Å². The molecule has 1 spiro atoms. The van der Waals surface area contributed by atoms with Crippen LogP contribution in [0.2, 0.25) is 0 Å². The first kappa shape index (κ1) is 25.0. The van der Waals surface area contributed by atoms with E-state index in [9.17, 15) is 20.3 Å². The third-order valence-electron chi connectivity index (χ3n) is 11.8. The van der Waals surface area contributed by atoms with Gasteiger partial charge in [-0.1, -0.05) is 55.0 Å². The monoisotopic (exact) mass is 519 g/mol. The van der Waals surface area contributed by atoms with E-state index in [2.05, 4.69) is 31.2 Å². The zero-order valence-electron chi connectivity index (χ0n) is 22.7. The van der Waals surface area contributed by atoms with Gasteiger partial charge in [-0.25, -0.2) is 0 Å². The van der Waals surface area contributed by atoms with E-state index < -0.39 is 5.60 Å². The van der Waals surface area contributed by atoms with Gasteiger partial charge in [-0.3, -0.25) is 4.79 Å². The molecule has 0 amide bonds. The number of benzene rings is 2. The molecule has 2 N–H and O–H groups in total. The number of nitrogens with zero attached hydrogens (tertiary/aromatic N) is 1. The van der Waals surface area contributed by atoms with Crippen molar-refractivity contribution in [3.8, 4) is 17.2 Å². The second-order valence-electron chi connectivity index (χ2n) is 13.2. The Morgan fingerprint density at radius 3 is 2.64 bits per heavy atom. The van der Waals surface area contributed by atoms with Crippen molar-refractivity contribution in [3.05, 3.63) is 83.0 Å². The van der Waals surface area contributed by atoms with E-state index in [4.69, 9.17) is 0 Å². The zero-order valence-corrected chi connectivity index (χ0v) is 22.7. The molecule has 2 aromatic carbocycles. The second-order valence-corrected chi connectivity index (χ2v) is 13.2. The molecular formula is C35H37NO3. The molecule has 0 heterocycles. The Kier molecular flexibility index (Phi) is 5.61. The fraction of sp³-hybridized carbons (Fsp3) is 0.486. The number of carbonyl (C=O) groups is 1. The predicted octanol–water partition coefficient (Wildman–Crippen LogP) is 6.27. The van der Waals surface area contributed by atoms with E-state index in [1.54, 1.807) is 6.08 Å². The Bertz CT molecular complexity index is 1450. The number of rotatable bonds is 3. The normalized spacial score (nSPS) is 38.3. The molecule has 0 unspecified atom stereocenters. The average Bonchev–Trinajstić information content (AvgIpc) is 3.22. The molecule has 0 bridgehead atoms. The third kappa shape index (κ3) is 3.46. The molecule has 39 heavy (non-hydrogen) atoms. The Morgan fingerprint density at radius 2 is 1.87 bits per heavy atom. The summed E-state index contributed by atoms with van der Waals surface area (Å²) < 4.78 is 0. The molecule has 7 rings (SSSR count). The number of allylic oxidation sites excluding steroid dienone is 1. The molecule has 0 saturated heterocycles. The number of carbonyl (C=O) groups excluding carboxylic acids is 1. The molecule has 200 valence electrons. The van der Waals surface area contributed by atoms with Crippen molar-refractivity contribution in [2.45, 2.75) is 69.8 Å². The van der Waals surface area contributed by atoms with Crippen LogP contribution >= 0.6 is 0 Å². The topological polar surface area (TPSA) is 81.3 Å². The summed E-state index contributed by atoms with van der Waals surface area (Å²) in [6.45, 7) is 2.26. The van der Waals surface area contributed by atoms with Crippen molar-refractivity contribution < 1.29 is 15.0 Å². The quantitative estimate of drug-likeness (QED) is 0.469. The molecule has 2 aromatic rings. The summed E-state index contributed by atoms with van der Waals surface area (Å²) in [6, 6.07) is 17.0.